The van der Waals surface area contributed by atoms with Crippen LogP contribution in [0.1, 0.15) is 44.6 Å². The van der Waals surface area contributed by atoms with E-state index in [2.05, 4.69) is 45.9 Å². The molecule has 0 aromatic heterocycles. The van der Waals surface area contributed by atoms with E-state index in [1.807, 2.05) is 18.2 Å². The van der Waals surface area contributed by atoms with Crippen molar-refractivity contribution in [3.8, 4) is 0 Å². The first kappa shape index (κ1) is 14.5. The number of carbonyl (C=O) groups is 1. The van der Waals surface area contributed by atoms with Gasteiger partial charge in [-0.05, 0) is 68.0 Å². The van der Waals surface area contributed by atoms with Crippen LogP contribution in [0.3, 0.4) is 0 Å². The van der Waals surface area contributed by atoms with Crippen molar-refractivity contribution in [3.05, 3.63) is 69.8 Å². The van der Waals surface area contributed by atoms with Gasteiger partial charge in [0, 0.05) is 12.0 Å². The molecule has 2 rings (SSSR count). The van der Waals surface area contributed by atoms with Crippen molar-refractivity contribution in [2.75, 3.05) is 0 Å². The van der Waals surface area contributed by atoms with Gasteiger partial charge in [-0.25, -0.2) is 0 Å². The molecule has 0 saturated carbocycles. The highest BCUT2D eigenvalue weighted by Gasteiger charge is 2.07. The second-order valence-electron chi connectivity index (χ2n) is 5.64. The van der Waals surface area contributed by atoms with E-state index in [0.717, 1.165) is 12.0 Å². The number of ketones is 1. The monoisotopic (exact) mass is 266 g/mol. The van der Waals surface area contributed by atoms with Crippen LogP contribution in [0.4, 0.5) is 0 Å². The molecule has 1 nitrogen and oxygen atoms in total. The molecule has 0 N–H and O–H groups in total. The van der Waals surface area contributed by atoms with Gasteiger partial charge in [-0.3, -0.25) is 4.79 Å². The number of carbonyl (C=O) groups excluding carboxylic acids is 1. The molecule has 1 heteroatoms. The largest absolute Gasteiger partial charge is 0.294 e. The molecule has 0 amide bonds. The molecule has 0 fully saturated rings. The Hall–Kier alpha value is -1.89. The van der Waals surface area contributed by atoms with E-state index in [9.17, 15) is 4.79 Å². The van der Waals surface area contributed by atoms with Crippen molar-refractivity contribution < 1.29 is 4.79 Å². The molecule has 0 saturated heterocycles. The Morgan fingerprint density at radius 3 is 2.00 bits per heavy atom. The maximum Gasteiger partial charge on any atom is 0.163 e. The summed E-state index contributed by atoms with van der Waals surface area (Å²) in [5.74, 6) is 0.228. The van der Waals surface area contributed by atoms with Gasteiger partial charge in [0.15, 0.2) is 5.78 Å². The molecule has 2 aromatic rings. The number of Topliss-reactive ketones (excluding diaryl/α,β-unsaturated/α-hetero) is 1. The van der Waals surface area contributed by atoms with E-state index >= 15 is 0 Å². The number of hydrogen-bond acceptors (Lipinski definition) is 1. The Labute approximate surface area is 121 Å². The van der Waals surface area contributed by atoms with E-state index < -0.39 is 0 Å². The van der Waals surface area contributed by atoms with Crippen molar-refractivity contribution in [2.45, 2.75) is 40.5 Å². The lowest BCUT2D eigenvalue weighted by molar-refractivity contribution is 0.0982. The molecule has 0 unspecified atom stereocenters. The third-order valence-corrected chi connectivity index (χ3v) is 4.04. The molecule has 0 spiro atoms. The zero-order valence-corrected chi connectivity index (χ0v) is 12.8. The summed E-state index contributed by atoms with van der Waals surface area (Å²) >= 11 is 0. The molecular weight excluding hydrogens is 244 g/mol. The Morgan fingerprint density at radius 1 is 0.800 bits per heavy atom. The summed E-state index contributed by atoms with van der Waals surface area (Å²) in [5, 5.41) is 0. The number of hydrogen-bond donors (Lipinski definition) is 0. The topological polar surface area (TPSA) is 17.1 Å². The fourth-order valence-electron chi connectivity index (χ4n) is 2.28. The van der Waals surface area contributed by atoms with Crippen LogP contribution in [0, 0.1) is 27.7 Å². The Morgan fingerprint density at radius 2 is 1.40 bits per heavy atom. The Bertz CT molecular complexity index is 638. The predicted molar refractivity (Wildman–Crippen MR) is 84.5 cm³/mol. The van der Waals surface area contributed by atoms with Gasteiger partial charge >= 0.3 is 0 Å². The maximum atomic E-state index is 12.2. The smallest absolute Gasteiger partial charge is 0.163 e. The highest BCUT2D eigenvalue weighted by molar-refractivity contribution is 5.96. The zero-order chi connectivity index (χ0) is 14.7. The molecule has 2 aromatic carbocycles. The van der Waals surface area contributed by atoms with E-state index in [1.54, 1.807) is 0 Å². The summed E-state index contributed by atoms with van der Waals surface area (Å²) in [5.41, 5.74) is 7.08. The summed E-state index contributed by atoms with van der Waals surface area (Å²) in [7, 11) is 0. The fourth-order valence-corrected chi connectivity index (χ4v) is 2.28. The van der Waals surface area contributed by atoms with E-state index in [0.29, 0.717) is 6.42 Å². The Balaban J connectivity index is 2.04. The number of benzene rings is 2. The molecule has 0 radical (unpaired) electrons. The predicted octanol–water partition coefficient (Wildman–Crippen LogP) is 4.74. The van der Waals surface area contributed by atoms with Crippen LogP contribution in [-0.4, -0.2) is 5.78 Å². The highest BCUT2D eigenvalue weighted by Crippen LogP contribution is 2.15. The van der Waals surface area contributed by atoms with Crippen molar-refractivity contribution >= 4 is 5.78 Å². The summed E-state index contributed by atoms with van der Waals surface area (Å²) in [6.45, 7) is 8.34. The molecule has 104 valence electrons. The lowest BCUT2D eigenvalue weighted by atomic mass is 9.98. The van der Waals surface area contributed by atoms with Gasteiger partial charge in [-0.2, -0.15) is 0 Å². The van der Waals surface area contributed by atoms with Gasteiger partial charge in [-0.15, -0.1) is 0 Å². The summed E-state index contributed by atoms with van der Waals surface area (Å²) in [6.07, 6.45) is 1.39. The minimum absolute atomic E-state index is 0.228. The lowest BCUT2D eigenvalue weighted by Gasteiger charge is -2.06. The van der Waals surface area contributed by atoms with Gasteiger partial charge in [0.05, 0.1) is 0 Å². The normalized spacial score (nSPS) is 10.6. The molecule has 0 aliphatic rings. The molecule has 20 heavy (non-hydrogen) atoms. The van der Waals surface area contributed by atoms with Gasteiger partial charge in [0.1, 0.15) is 0 Å². The summed E-state index contributed by atoms with van der Waals surface area (Å²) < 4.78 is 0. The molecule has 0 aliphatic carbocycles. The molecular formula is C19H22O. The quantitative estimate of drug-likeness (QED) is 0.731. The van der Waals surface area contributed by atoms with Crippen LogP contribution in [-0.2, 0) is 6.42 Å². The summed E-state index contributed by atoms with van der Waals surface area (Å²) in [6, 6.07) is 12.4. The lowest BCUT2D eigenvalue weighted by Crippen LogP contribution is -2.02. The third kappa shape index (κ3) is 3.36. The molecule has 0 heterocycles. The van der Waals surface area contributed by atoms with E-state index in [4.69, 9.17) is 0 Å². The average Bonchev–Trinajstić information content (AvgIpc) is 2.43. The Kier molecular flexibility index (Phi) is 4.39. The zero-order valence-electron chi connectivity index (χ0n) is 12.8. The van der Waals surface area contributed by atoms with Crippen LogP contribution >= 0.6 is 0 Å². The first-order valence-electron chi connectivity index (χ1n) is 7.14. The van der Waals surface area contributed by atoms with Crippen molar-refractivity contribution in [1.82, 2.24) is 0 Å². The van der Waals surface area contributed by atoms with Crippen LogP contribution in [0.15, 0.2) is 36.4 Å². The van der Waals surface area contributed by atoms with Gasteiger partial charge in [-0.1, -0.05) is 30.3 Å². The standard InChI is InChI=1S/C19H22O/c1-13-5-7-17(11-15(13)3)8-10-19(20)18-9-6-14(2)16(4)12-18/h5-7,9,11-12H,8,10H2,1-4H3. The molecule has 0 aliphatic heterocycles. The third-order valence-electron chi connectivity index (χ3n) is 4.04. The molecule has 0 atom stereocenters. The minimum atomic E-state index is 0.228. The maximum absolute atomic E-state index is 12.2. The second-order valence-corrected chi connectivity index (χ2v) is 5.64. The van der Waals surface area contributed by atoms with Crippen LogP contribution in [0.5, 0.6) is 0 Å². The number of aryl methyl sites for hydroxylation is 5. The van der Waals surface area contributed by atoms with Crippen molar-refractivity contribution in [1.29, 1.82) is 0 Å². The van der Waals surface area contributed by atoms with E-state index in [-0.39, 0.29) is 5.78 Å². The van der Waals surface area contributed by atoms with Crippen LogP contribution in [0.2, 0.25) is 0 Å². The first-order valence-corrected chi connectivity index (χ1v) is 7.14. The first-order chi connectivity index (χ1) is 9.47. The van der Waals surface area contributed by atoms with Crippen molar-refractivity contribution in [2.24, 2.45) is 0 Å². The summed E-state index contributed by atoms with van der Waals surface area (Å²) in [4.78, 5) is 12.2. The van der Waals surface area contributed by atoms with Gasteiger partial charge in [0.2, 0.25) is 0 Å². The SMILES string of the molecule is Cc1ccc(CCC(=O)c2ccc(C)c(C)c2)cc1C. The second kappa shape index (κ2) is 6.04. The number of rotatable bonds is 4. The highest BCUT2D eigenvalue weighted by atomic mass is 16.1. The van der Waals surface area contributed by atoms with Crippen LogP contribution < -0.4 is 0 Å². The fraction of sp³-hybridized carbons (Fsp3) is 0.316. The molecule has 0 bridgehead atoms. The minimum Gasteiger partial charge on any atom is -0.294 e. The van der Waals surface area contributed by atoms with Gasteiger partial charge < -0.3 is 0 Å². The average molecular weight is 266 g/mol. The van der Waals surface area contributed by atoms with Gasteiger partial charge in [0.25, 0.3) is 0 Å². The van der Waals surface area contributed by atoms with Crippen LogP contribution in [0.25, 0.3) is 0 Å². The van der Waals surface area contributed by atoms with Crippen molar-refractivity contribution in [3.63, 3.8) is 0 Å². The van der Waals surface area contributed by atoms with E-state index in [1.165, 1.54) is 27.8 Å².